The number of carboxylic acids is 1. The molecule has 3 aromatic rings. The molecule has 1 aliphatic heterocycles. The second-order valence-corrected chi connectivity index (χ2v) is 10.3. The normalized spacial score (nSPS) is 15.4. The number of para-hydroxylation sites is 1. The van der Waals surface area contributed by atoms with Gasteiger partial charge in [0.25, 0.3) is 5.91 Å². The summed E-state index contributed by atoms with van der Waals surface area (Å²) in [5.41, 5.74) is 2.48. The summed E-state index contributed by atoms with van der Waals surface area (Å²) in [6.45, 7) is 0.384. The zero-order chi connectivity index (χ0) is 25.7. The van der Waals surface area contributed by atoms with Crippen LogP contribution in [0.25, 0.3) is 6.08 Å². The summed E-state index contributed by atoms with van der Waals surface area (Å²) in [5, 5.41) is 9.70. The zero-order valence-electron chi connectivity index (χ0n) is 18.7. The number of carboxylic acid groups (broad SMARTS) is 1. The quantitative estimate of drug-likeness (QED) is 0.233. The molecule has 3 aromatic carbocycles. The van der Waals surface area contributed by atoms with E-state index in [9.17, 15) is 9.59 Å². The van der Waals surface area contributed by atoms with E-state index >= 15 is 0 Å². The van der Waals surface area contributed by atoms with Crippen LogP contribution >= 0.6 is 43.6 Å². The minimum atomic E-state index is -1.00. The highest BCUT2D eigenvalue weighted by Crippen LogP contribution is 2.38. The Kier molecular flexibility index (Phi) is 8.31. The Hall–Kier alpha value is -3.32. The van der Waals surface area contributed by atoms with Crippen LogP contribution in [0.3, 0.4) is 0 Å². The third kappa shape index (κ3) is 6.08. The van der Waals surface area contributed by atoms with Gasteiger partial charge in [0.15, 0.2) is 5.17 Å². The fraction of sp³-hybridized carbons (Fsp3) is 0.0741. The van der Waals surface area contributed by atoms with Gasteiger partial charge in [-0.2, -0.15) is 0 Å². The molecule has 1 amide bonds. The lowest BCUT2D eigenvalue weighted by Gasteiger charge is -2.16. The number of hydrogen-bond acceptors (Lipinski definition) is 5. The molecule has 1 fully saturated rings. The van der Waals surface area contributed by atoms with Gasteiger partial charge in [-0.15, -0.1) is 6.42 Å². The predicted octanol–water partition coefficient (Wildman–Crippen LogP) is 6.73. The van der Waals surface area contributed by atoms with E-state index in [-0.39, 0.29) is 24.6 Å². The van der Waals surface area contributed by atoms with Crippen molar-refractivity contribution < 1.29 is 19.4 Å². The molecule has 9 heteroatoms. The summed E-state index contributed by atoms with van der Waals surface area (Å²) in [4.78, 5) is 31.4. The summed E-state index contributed by atoms with van der Waals surface area (Å²) in [5.74, 6) is 1.82. The summed E-state index contributed by atoms with van der Waals surface area (Å²) in [7, 11) is 0. The average Bonchev–Trinajstić information content (AvgIpc) is 3.13. The van der Waals surface area contributed by atoms with Gasteiger partial charge in [0.1, 0.15) is 12.4 Å². The van der Waals surface area contributed by atoms with Gasteiger partial charge in [0.05, 0.1) is 31.6 Å². The Labute approximate surface area is 229 Å². The first-order valence-corrected chi connectivity index (χ1v) is 13.0. The fourth-order valence-corrected chi connectivity index (χ4v) is 5.79. The van der Waals surface area contributed by atoms with Crippen molar-refractivity contribution in [3.8, 4) is 18.1 Å². The topological polar surface area (TPSA) is 79.2 Å². The van der Waals surface area contributed by atoms with Crippen LogP contribution in [0.5, 0.6) is 5.75 Å². The Morgan fingerprint density at radius 1 is 1.11 bits per heavy atom. The molecule has 1 aliphatic rings. The maximum absolute atomic E-state index is 13.5. The molecule has 6 nitrogen and oxygen atoms in total. The number of benzene rings is 3. The lowest BCUT2D eigenvalue weighted by atomic mass is 10.1. The van der Waals surface area contributed by atoms with Gasteiger partial charge in [0.2, 0.25) is 0 Å². The molecule has 0 aliphatic carbocycles. The van der Waals surface area contributed by atoms with Crippen LogP contribution < -0.4 is 4.74 Å². The van der Waals surface area contributed by atoms with E-state index in [1.807, 2.05) is 42.5 Å². The lowest BCUT2D eigenvalue weighted by molar-refractivity contribution is -0.122. The van der Waals surface area contributed by atoms with Crippen LogP contribution in [0.4, 0.5) is 5.69 Å². The number of ether oxygens (including phenoxy) is 1. The van der Waals surface area contributed by atoms with Crippen LogP contribution in [0.15, 0.2) is 85.6 Å². The number of rotatable bonds is 7. The van der Waals surface area contributed by atoms with Crippen LogP contribution in [0, 0.1) is 12.3 Å². The standard InChI is InChI=1S/C27H18Br2N2O4S/c1-2-12-35-24-21(28)13-18(14-22(24)29)15-23-25(32)31(16-17-8-10-19(11-9-17)26(33)34)27(36-23)30-20-6-4-3-5-7-20/h1,3-11,13-15H,12,16H2,(H,33,34)/b23-15-,30-27?. The Bertz CT molecular complexity index is 1390. The van der Waals surface area contributed by atoms with Crippen molar-refractivity contribution in [2.75, 3.05) is 6.61 Å². The van der Waals surface area contributed by atoms with Gasteiger partial charge in [-0.1, -0.05) is 36.3 Å². The third-order valence-corrected chi connectivity index (χ3v) is 7.21. The highest BCUT2D eigenvalue weighted by molar-refractivity contribution is 9.11. The number of hydrogen-bond donors (Lipinski definition) is 1. The molecule has 0 unspecified atom stereocenters. The van der Waals surface area contributed by atoms with Crippen LogP contribution in [0.2, 0.25) is 0 Å². The first kappa shape index (κ1) is 25.8. The van der Waals surface area contributed by atoms with E-state index < -0.39 is 5.97 Å². The molecule has 0 spiro atoms. The van der Waals surface area contributed by atoms with E-state index in [4.69, 9.17) is 21.3 Å². The SMILES string of the molecule is C#CCOc1c(Br)cc(/C=C2\SC(=Nc3ccccc3)N(Cc3ccc(C(=O)O)cc3)C2=O)cc1Br. The molecule has 0 saturated carbocycles. The summed E-state index contributed by atoms with van der Waals surface area (Å²) >= 11 is 8.28. The van der Waals surface area contributed by atoms with Crippen molar-refractivity contribution in [1.29, 1.82) is 0 Å². The van der Waals surface area contributed by atoms with Crippen molar-refractivity contribution in [3.63, 3.8) is 0 Å². The number of terminal acetylenes is 1. The lowest BCUT2D eigenvalue weighted by Crippen LogP contribution is -2.28. The smallest absolute Gasteiger partial charge is 0.335 e. The third-order valence-electron chi connectivity index (χ3n) is 5.03. The summed E-state index contributed by atoms with van der Waals surface area (Å²) in [6.07, 6.45) is 7.08. The van der Waals surface area contributed by atoms with Crippen LogP contribution in [-0.2, 0) is 11.3 Å². The molecule has 0 bridgehead atoms. The number of aromatic carboxylic acids is 1. The number of carbonyl (C=O) groups is 2. The highest BCUT2D eigenvalue weighted by atomic mass is 79.9. The molecule has 0 radical (unpaired) electrons. The van der Waals surface area contributed by atoms with Gasteiger partial charge in [-0.3, -0.25) is 9.69 Å². The van der Waals surface area contributed by atoms with Crippen LogP contribution in [0.1, 0.15) is 21.5 Å². The number of amidine groups is 1. The molecular formula is C27H18Br2N2O4S. The monoisotopic (exact) mass is 624 g/mol. The van der Waals surface area contributed by atoms with Gasteiger partial charge >= 0.3 is 5.97 Å². The maximum atomic E-state index is 13.5. The van der Waals surface area contributed by atoms with Crippen molar-refractivity contribution in [2.45, 2.75) is 6.54 Å². The summed E-state index contributed by atoms with van der Waals surface area (Å²) < 4.78 is 6.96. The van der Waals surface area contributed by atoms with Crippen molar-refractivity contribution in [1.82, 2.24) is 4.90 Å². The van der Waals surface area contributed by atoms with E-state index in [2.05, 4.69) is 37.8 Å². The second-order valence-electron chi connectivity index (χ2n) is 7.54. The molecule has 1 saturated heterocycles. The Morgan fingerprint density at radius 2 is 1.78 bits per heavy atom. The largest absolute Gasteiger partial charge is 0.479 e. The molecule has 1 heterocycles. The number of thioether (sulfide) groups is 1. The molecular weight excluding hydrogens is 608 g/mol. The molecule has 180 valence electrons. The molecule has 36 heavy (non-hydrogen) atoms. The fourth-order valence-electron chi connectivity index (χ4n) is 3.34. The van der Waals surface area contributed by atoms with Gasteiger partial charge in [-0.05, 0) is 97.2 Å². The van der Waals surface area contributed by atoms with Gasteiger partial charge in [0, 0.05) is 0 Å². The first-order chi connectivity index (χ1) is 17.4. The zero-order valence-corrected chi connectivity index (χ0v) is 22.6. The second kappa shape index (κ2) is 11.6. The average molecular weight is 626 g/mol. The van der Waals surface area contributed by atoms with Crippen molar-refractivity contribution in [3.05, 3.63) is 97.3 Å². The van der Waals surface area contributed by atoms with Crippen molar-refractivity contribution >= 4 is 72.4 Å². The maximum Gasteiger partial charge on any atom is 0.335 e. The molecule has 4 rings (SSSR count). The molecule has 1 N–H and O–H groups in total. The van der Waals surface area contributed by atoms with E-state index in [0.717, 1.165) is 16.8 Å². The minimum Gasteiger partial charge on any atom is -0.479 e. The Morgan fingerprint density at radius 3 is 2.39 bits per heavy atom. The number of nitrogens with zero attached hydrogens (tertiary/aromatic N) is 2. The number of carbonyl (C=O) groups excluding carboxylic acids is 1. The van der Waals surface area contributed by atoms with Gasteiger partial charge < -0.3 is 9.84 Å². The Balaban J connectivity index is 1.67. The number of aliphatic imine (C=N–C) groups is 1. The highest BCUT2D eigenvalue weighted by Gasteiger charge is 2.33. The number of amides is 1. The van der Waals surface area contributed by atoms with Crippen molar-refractivity contribution in [2.24, 2.45) is 4.99 Å². The van der Waals surface area contributed by atoms with E-state index in [1.165, 1.54) is 23.9 Å². The predicted molar refractivity (Wildman–Crippen MR) is 149 cm³/mol. The van der Waals surface area contributed by atoms with Crippen LogP contribution in [-0.4, -0.2) is 33.7 Å². The van der Waals surface area contributed by atoms with Gasteiger partial charge in [-0.25, -0.2) is 9.79 Å². The molecule has 0 atom stereocenters. The molecule has 0 aromatic heterocycles. The summed E-state index contributed by atoms with van der Waals surface area (Å²) in [6, 6.07) is 19.5. The minimum absolute atomic E-state index is 0.133. The van der Waals surface area contributed by atoms with E-state index in [0.29, 0.717) is 24.8 Å². The first-order valence-electron chi connectivity index (χ1n) is 10.6. The van der Waals surface area contributed by atoms with E-state index in [1.54, 1.807) is 23.1 Å². The number of halogens is 2.